The smallest absolute Gasteiger partial charge is 0.330 e. The van der Waals surface area contributed by atoms with Gasteiger partial charge >= 0.3 is 5.97 Å². The minimum absolute atomic E-state index is 0.189. The number of hydrogen-bond acceptors (Lipinski definition) is 3. The average Bonchev–Trinajstić information content (AvgIpc) is 1.86. The third-order valence-corrected chi connectivity index (χ3v) is 1.63. The Bertz CT molecular complexity index is 161. The Morgan fingerprint density at radius 3 is 2.45 bits per heavy atom. The van der Waals surface area contributed by atoms with Crippen LogP contribution in [-0.2, 0) is 9.53 Å². The van der Waals surface area contributed by atoms with Gasteiger partial charge in [0.15, 0.2) is 0 Å². The summed E-state index contributed by atoms with van der Waals surface area (Å²) in [5.74, 6) is -0.438. The zero-order valence-corrected chi connectivity index (χ0v) is 7.26. The molecule has 0 saturated carbocycles. The van der Waals surface area contributed by atoms with E-state index in [9.17, 15) is 4.79 Å². The number of nitrogens with two attached hydrogens (primary N) is 1. The molecular weight excluding hydrogens is 142 g/mol. The van der Waals surface area contributed by atoms with Gasteiger partial charge in [-0.15, -0.1) is 0 Å². The van der Waals surface area contributed by atoms with Crippen molar-refractivity contribution in [1.82, 2.24) is 0 Å². The summed E-state index contributed by atoms with van der Waals surface area (Å²) in [5, 5.41) is 0. The molecule has 0 radical (unpaired) electrons. The summed E-state index contributed by atoms with van der Waals surface area (Å²) in [5.41, 5.74) is 4.94. The maximum absolute atomic E-state index is 10.7. The van der Waals surface area contributed by atoms with Crippen LogP contribution in [0.25, 0.3) is 0 Å². The van der Waals surface area contributed by atoms with E-state index in [4.69, 9.17) is 10.5 Å². The van der Waals surface area contributed by atoms with Crippen molar-refractivity contribution in [2.24, 2.45) is 5.73 Å². The monoisotopic (exact) mass is 157 g/mol. The molecule has 0 fully saturated rings. The molecule has 0 rings (SSSR count). The van der Waals surface area contributed by atoms with Gasteiger partial charge < -0.3 is 10.5 Å². The van der Waals surface area contributed by atoms with E-state index in [2.05, 4.69) is 6.58 Å². The fourth-order valence-corrected chi connectivity index (χ4v) is 0.394. The zero-order valence-electron chi connectivity index (χ0n) is 7.26. The normalized spacial score (nSPS) is 13.8. The van der Waals surface area contributed by atoms with Crippen LogP contribution in [0.2, 0.25) is 0 Å². The fourth-order valence-electron chi connectivity index (χ4n) is 0.394. The summed E-state index contributed by atoms with van der Waals surface area (Å²) in [4.78, 5) is 10.7. The van der Waals surface area contributed by atoms with Crippen LogP contribution in [0.15, 0.2) is 12.7 Å². The van der Waals surface area contributed by atoms with Crippen LogP contribution in [0.4, 0.5) is 0 Å². The lowest BCUT2D eigenvalue weighted by molar-refractivity contribution is -0.151. The van der Waals surface area contributed by atoms with Crippen LogP contribution in [0.3, 0.4) is 0 Å². The minimum atomic E-state index is -0.620. The fraction of sp³-hybridized carbons (Fsp3) is 0.625. The van der Waals surface area contributed by atoms with Crippen molar-refractivity contribution in [3.8, 4) is 0 Å². The van der Waals surface area contributed by atoms with E-state index < -0.39 is 11.6 Å². The summed E-state index contributed by atoms with van der Waals surface area (Å²) >= 11 is 0. The first kappa shape index (κ1) is 10.2. The summed E-state index contributed by atoms with van der Waals surface area (Å²) in [7, 11) is 0. The summed E-state index contributed by atoms with van der Waals surface area (Å²) < 4.78 is 4.97. The van der Waals surface area contributed by atoms with E-state index in [-0.39, 0.29) is 6.04 Å². The van der Waals surface area contributed by atoms with Gasteiger partial charge in [-0.2, -0.15) is 0 Å². The third kappa shape index (κ3) is 3.18. The Hall–Kier alpha value is -0.830. The molecule has 1 atom stereocenters. The van der Waals surface area contributed by atoms with E-state index in [1.807, 2.05) is 0 Å². The van der Waals surface area contributed by atoms with Crippen LogP contribution < -0.4 is 5.73 Å². The lowest BCUT2D eigenvalue weighted by Crippen LogP contribution is -2.44. The number of carbonyl (C=O) groups excluding carboxylic acids is 1. The molecule has 0 amide bonds. The van der Waals surface area contributed by atoms with E-state index in [1.165, 1.54) is 0 Å². The van der Waals surface area contributed by atoms with Crippen LogP contribution in [0.5, 0.6) is 0 Å². The summed E-state index contributed by atoms with van der Waals surface area (Å²) in [6.07, 6.45) is 1.13. The van der Waals surface area contributed by atoms with Crippen LogP contribution in [-0.4, -0.2) is 17.6 Å². The maximum atomic E-state index is 10.7. The molecule has 64 valence electrons. The highest BCUT2D eigenvalue weighted by Crippen LogP contribution is 2.12. The quantitative estimate of drug-likeness (QED) is 0.488. The molecule has 0 aliphatic carbocycles. The molecule has 11 heavy (non-hydrogen) atoms. The van der Waals surface area contributed by atoms with Crippen LogP contribution in [0, 0.1) is 0 Å². The van der Waals surface area contributed by atoms with Gasteiger partial charge in [-0.3, -0.25) is 0 Å². The molecule has 0 aliphatic rings. The van der Waals surface area contributed by atoms with Crippen LogP contribution >= 0.6 is 0 Å². The van der Waals surface area contributed by atoms with Gasteiger partial charge in [0.05, 0.1) is 0 Å². The number of esters is 1. The standard InChI is InChI=1S/C8H15NO2/c1-5-7(10)11-8(3,4)6(2)9/h5-6H,1,9H2,2-4H3. The predicted octanol–water partition coefficient (Wildman–Crippen LogP) is 0.841. The van der Waals surface area contributed by atoms with Gasteiger partial charge in [0.25, 0.3) is 0 Å². The topological polar surface area (TPSA) is 52.3 Å². The molecule has 0 bridgehead atoms. The maximum Gasteiger partial charge on any atom is 0.330 e. The van der Waals surface area contributed by atoms with Gasteiger partial charge in [-0.25, -0.2) is 4.79 Å². The molecule has 0 aliphatic heterocycles. The molecule has 3 heteroatoms. The zero-order chi connectivity index (χ0) is 9.07. The molecular formula is C8H15NO2. The SMILES string of the molecule is C=CC(=O)OC(C)(C)C(C)N. The Labute approximate surface area is 67.2 Å². The second-order valence-corrected chi connectivity index (χ2v) is 3.02. The first-order valence-corrected chi connectivity index (χ1v) is 3.51. The van der Waals surface area contributed by atoms with Crippen molar-refractivity contribution < 1.29 is 9.53 Å². The Morgan fingerprint density at radius 2 is 2.18 bits per heavy atom. The molecule has 1 unspecified atom stereocenters. The lowest BCUT2D eigenvalue weighted by atomic mass is 10.0. The second-order valence-electron chi connectivity index (χ2n) is 3.02. The molecule has 3 nitrogen and oxygen atoms in total. The van der Waals surface area contributed by atoms with E-state index in [0.29, 0.717) is 0 Å². The first-order valence-electron chi connectivity index (χ1n) is 3.51. The average molecular weight is 157 g/mol. The molecule has 0 heterocycles. The summed E-state index contributed by atoms with van der Waals surface area (Å²) in [6, 6.07) is -0.189. The van der Waals surface area contributed by atoms with E-state index >= 15 is 0 Å². The van der Waals surface area contributed by atoms with Crippen molar-refractivity contribution in [3.05, 3.63) is 12.7 Å². The molecule has 0 aromatic heterocycles. The number of hydrogen-bond donors (Lipinski definition) is 1. The molecule has 0 aromatic rings. The molecule has 0 saturated heterocycles. The number of carbonyl (C=O) groups is 1. The van der Waals surface area contributed by atoms with Crippen molar-refractivity contribution >= 4 is 5.97 Å². The lowest BCUT2D eigenvalue weighted by Gasteiger charge is -2.28. The van der Waals surface area contributed by atoms with Gasteiger partial charge in [0, 0.05) is 12.1 Å². The van der Waals surface area contributed by atoms with Gasteiger partial charge in [-0.1, -0.05) is 6.58 Å². The second kappa shape index (κ2) is 3.53. The molecule has 0 spiro atoms. The van der Waals surface area contributed by atoms with Crippen LogP contribution in [0.1, 0.15) is 20.8 Å². The summed E-state index contributed by atoms with van der Waals surface area (Å²) in [6.45, 7) is 8.60. The first-order chi connectivity index (χ1) is 4.90. The largest absolute Gasteiger partial charge is 0.455 e. The predicted molar refractivity (Wildman–Crippen MR) is 44.0 cm³/mol. The Morgan fingerprint density at radius 1 is 1.73 bits per heavy atom. The van der Waals surface area contributed by atoms with Crippen molar-refractivity contribution in [2.45, 2.75) is 32.4 Å². The highest BCUT2D eigenvalue weighted by molar-refractivity contribution is 5.81. The highest BCUT2D eigenvalue weighted by atomic mass is 16.6. The number of ether oxygens (including phenoxy) is 1. The third-order valence-electron chi connectivity index (χ3n) is 1.63. The van der Waals surface area contributed by atoms with E-state index in [0.717, 1.165) is 6.08 Å². The van der Waals surface area contributed by atoms with Gasteiger partial charge in [-0.05, 0) is 20.8 Å². The van der Waals surface area contributed by atoms with Gasteiger partial charge in [0.2, 0.25) is 0 Å². The Kier molecular flexibility index (Phi) is 3.26. The molecule has 0 aromatic carbocycles. The van der Waals surface area contributed by atoms with Crippen molar-refractivity contribution in [2.75, 3.05) is 0 Å². The van der Waals surface area contributed by atoms with Gasteiger partial charge in [0.1, 0.15) is 5.60 Å². The minimum Gasteiger partial charge on any atom is -0.455 e. The highest BCUT2D eigenvalue weighted by Gasteiger charge is 2.26. The van der Waals surface area contributed by atoms with Crippen molar-refractivity contribution in [3.63, 3.8) is 0 Å². The Balaban J connectivity index is 4.11. The van der Waals surface area contributed by atoms with Crippen molar-refractivity contribution in [1.29, 1.82) is 0 Å². The molecule has 2 N–H and O–H groups in total. The van der Waals surface area contributed by atoms with E-state index in [1.54, 1.807) is 20.8 Å². The number of rotatable bonds is 3.